The number of amides is 2. The standard InChI is InChI=1S/C23H20ClN3O2S/c1-15-7-8-16-11-17(22(28)26-21(16)10-15)13-27(14-20-6-3-9-30-20)23(29)25-19-5-2-4-18(24)12-19/h2-12H,13-14H2,1H3,(H,25,29)(H,26,28). The van der Waals surface area contributed by atoms with Crippen LogP contribution in [0, 0.1) is 6.92 Å². The second-order valence-electron chi connectivity index (χ2n) is 7.09. The van der Waals surface area contributed by atoms with E-state index in [-0.39, 0.29) is 18.1 Å². The smallest absolute Gasteiger partial charge is 0.322 e. The molecule has 2 aromatic carbocycles. The maximum Gasteiger partial charge on any atom is 0.322 e. The van der Waals surface area contributed by atoms with Crippen LogP contribution in [0.1, 0.15) is 16.0 Å². The van der Waals surface area contributed by atoms with Crippen molar-refractivity contribution < 1.29 is 4.79 Å². The van der Waals surface area contributed by atoms with E-state index in [0.717, 1.165) is 21.3 Å². The fraction of sp³-hybridized carbons (Fsp3) is 0.130. The SMILES string of the molecule is Cc1ccc2cc(CN(Cc3cccs3)C(=O)Nc3cccc(Cl)c3)c(=O)[nH]c2c1. The molecule has 2 amide bonds. The third-order valence-corrected chi connectivity index (χ3v) is 5.83. The van der Waals surface area contributed by atoms with Gasteiger partial charge in [0.2, 0.25) is 0 Å². The van der Waals surface area contributed by atoms with Crippen molar-refractivity contribution in [2.45, 2.75) is 20.0 Å². The molecule has 152 valence electrons. The number of halogens is 1. The summed E-state index contributed by atoms with van der Waals surface area (Å²) >= 11 is 7.60. The minimum absolute atomic E-state index is 0.184. The van der Waals surface area contributed by atoms with Crippen LogP contribution in [0.5, 0.6) is 0 Å². The van der Waals surface area contributed by atoms with E-state index in [0.29, 0.717) is 22.8 Å². The van der Waals surface area contributed by atoms with Crippen LogP contribution in [-0.2, 0) is 13.1 Å². The van der Waals surface area contributed by atoms with E-state index < -0.39 is 0 Å². The van der Waals surface area contributed by atoms with Crippen LogP contribution < -0.4 is 10.9 Å². The van der Waals surface area contributed by atoms with Crippen molar-refractivity contribution in [1.82, 2.24) is 9.88 Å². The number of anilines is 1. The van der Waals surface area contributed by atoms with Crippen LogP contribution in [0.3, 0.4) is 0 Å². The van der Waals surface area contributed by atoms with Gasteiger partial charge in [0.1, 0.15) is 0 Å². The second-order valence-corrected chi connectivity index (χ2v) is 8.56. The third kappa shape index (κ3) is 4.72. The number of fused-ring (bicyclic) bond motifs is 1. The minimum Gasteiger partial charge on any atom is -0.322 e. The first kappa shape index (κ1) is 20.2. The number of carbonyl (C=O) groups is 1. The Morgan fingerprint density at radius 3 is 2.73 bits per heavy atom. The molecule has 30 heavy (non-hydrogen) atoms. The summed E-state index contributed by atoms with van der Waals surface area (Å²) < 4.78 is 0. The fourth-order valence-electron chi connectivity index (χ4n) is 3.24. The molecule has 0 radical (unpaired) electrons. The molecule has 0 bridgehead atoms. The maximum absolute atomic E-state index is 13.0. The van der Waals surface area contributed by atoms with Crippen LogP contribution in [0.2, 0.25) is 5.02 Å². The Morgan fingerprint density at radius 1 is 1.10 bits per heavy atom. The van der Waals surface area contributed by atoms with Crippen molar-refractivity contribution in [3.63, 3.8) is 0 Å². The number of aromatic nitrogens is 1. The molecule has 0 aliphatic carbocycles. The van der Waals surface area contributed by atoms with E-state index in [4.69, 9.17) is 11.6 Å². The van der Waals surface area contributed by atoms with Gasteiger partial charge in [-0.15, -0.1) is 11.3 Å². The molecule has 0 aliphatic rings. The van der Waals surface area contributed by atoms with Gasteiger partial charge < -0.3 is 15.2 Å². The van der Waals surface area contributed by atoms with Gasteiger partial charge in [-0.25, -0.2) is 4.79 Å². The first-order valence-corrected chi connectivity index (χ1v) is 10.7. The lowest BCUT2D eigenvalue weighted by atomic mass is 10.1. The number of benzene rings is 2. The van der Waals surface area contributed by atoms with Gasteiger partial charge >= 0.3 is 6.03 Å². The third-order valence-electron chi connectivity index (χ3n) is 4.73. The van der Waals surface area contributed by atoms with Crippen molar-refractivity contribution in [2.24, 2.45) is 0 Å². The van der Waals surface area contributed by atoms with Gasteiger partial charge in [-0.2, -0.15) is 0 Å². The number of nitrogens with zero attached hydrogens (tertiary/aromatic N) is 1. The van der Waals surface area contributed by atoms with E-state index in [2.05, 4.69) is 10.3 Å². The molecular formula is C23H20ClN3O2S. The largest absolute Gasteiger partial charge is 0.322 e. The Labute approximate surface area is 182 Å². The van der Waals surface area contributed by atoms with Gasteiger partial charge in [-0.1, -0.05) is 35.9 Å². The maximum atomic E-state index is 13.0. The Morgan fingerprint density at radius 2 is 1.97 bits per heavy atom. The van der Waals surface area contributed by atoms with Gasteiger partial charge in [0.15, 0.2) is 0 Å². The van der Waals surface area contributed by atoms with Crippen molar-refractivity contribution in [3.05, 3.63) is 97.4 Å². The monoisotopic (exact) mass is 437 g/mol. The van der Waals surface area contributed by atoms with Crippen LogP contribution in [0.15, 0.2) is 70.8 Å². The Bertz CT molecular complexity index is 1250. The molecule has 0 atom stereocenters. The van der Waals surface area contributed by atoms with Crippen molar-refractivity contribution >= 4 is 45.6 Å². The molecule has 4 rings (SSSR count). The van der Waals surface area contributed by atoms with Crippen LogP contribution in [0.4, 0.5) is 10.5 Å². The predicted molar refractivity (Wildman–Crippen MR) is 123 cm³/mol. The molecule has 0 unspecified atom stereocenters. The fourth-order valence-corrected chi connectivity index (χ4v) is 4.15. The highest BCUT2D eigenvalue weighted by Crippen LogP contribution is 2.19. The molecule has 5 nitrogen and oxygen atoms in total. The molecule has 0 fully saturated rings. The molecule has 0 aliphatic heterocycles. The average molecular weight is 438 g/mol. The molecule has 2 aromatic heterocycles. The molecule has 2 heterocycles. The lowest BCUT2D eigenvalue weighted by molar-refractivity contribution is 0.207. The summed E-state index contributed by atoms with van der Waals surface area (Å²) in [5.41, 5.74) is 2.80. The summed E-state index contributed by atoms with van der Waals surface area (Å²) in [4.78, 5) is 31.3. The number of aromatic amines is 1. The molecule has 2 N–H and O–H groups in total. The zero-order valence-corrected chi connectivity index (χ0v) is 17.9. The zero-order valence-electron chi connectivity index (χ0n) is 16.3. The van der Waals surface area contributed by atoms with Gasteiger partial charge in [0.05, 0.1) is 13.1 Å². The number of aryl methyl sites for hydroxylation is 1. The van der Waals surface area contributed by atoms with E-state index in [1.807, 2.05) is 48.7 Å². The number of carbonyl (C=O) groups excluding carboxylic acids is 1. The lowest BCUT2D eigenvalue weighted by Gasteiger charge is -2.22. The average Bonchev–Trinajstić information content (AvgIpc) is 3.21. The Hall–Kier alpha value is -3.09. The molecular weight excluding hydrogens is 418 g/mol. The highest BCUT2D eigenvalue weighted by atomic mass is 35.5. The summed E-state index contributed by atoms with van der Waals surface area (Å²) in [6.07, 6.45) is 0. The van der Waals surface area contributed by atoms with Crippen molar-refractivity contribution in [2.75, 3.05) is 5.32 Å². The number of nitrogens with one attached hydrogen (secondary N) is 2. The quantitative estimate of drug-likeness (QED) is 0.415. The number of hydrogen-bond acceptors (Lipinski definition) is 3. The van der Waals surface area contributed by atoms with Gasteiger partial charge in [0, 0.05) is 26.7 Å². The van der Waals surface area contributed by atoms with E-state index in [1.165, 1.54) is 0 Å². The predicted octanol–water partition coefficient (Wildman–Crippen LogP) is 5.79. The van der Waals surface area contributed by atoms with E-state index in [9.17, 15) is 9.59 Å². The van der Waals surface area contributed by atoms with Gasteiger partial charge in [-0.05, 0) is 59.7 Å². The van der Waals surface area contributed by atoms with Gasteiger partial charge in [-0.3, -0.25) is 4.79 Å². The van der Waals surface area contributed by atoms with Crippen molar-refractivity contribution in [3.8, 4) is 0 Å². The number of thiophene rings is 1. The van der Waals surface area contributed by atoms with Crippen LogP contribution in [-0.4, -0.2) is 15.9 Å². The second kappa shape index (κ2) is 8.73. The topological polar surface area (TPSA) is 65.2 Å². The minimum atomic E-state index is -0.297. The molecule has 0 spiro atoms. The first-order valence-electron chi connectivity index (χ1n) is 9.44. The highest BCUT2D eigenvalue weighted by Gasteiger charge is 2.18. The number of urea groups is 1. The van der Waals surface area contributed by atoms with E-state index >= 15 is 0 Å². The van der Waals surface area contributed by atoms with Crippen LogP contribution in [0.25, 0.3) is 10.9 Å². The first-order chi connectivity index (χ1) is 14.5. The number of rotatable bonds is 5. The molecule has 0 saturated carbocycles. The lowest BCUT2D eigenvalue weighted by Crippen LogP contribution is -2.35. The Kier molecular flexibility index (Phi) is 5.88. The zero-order chi connectivity index (χ0) is 21.1. The summed E-state index contributed by atoms with van der Waals surface area (Å²) in [7, 11) is 0. The summed E-state index contributed by atoms with van der Waals surface area (Å²) in [5, 5.41) is 6.31. The summed E-state index contributed by atoms with van der Waals surface area (Å²) in [6.45, 7) is 2.56. The Balaban J connectivity index is 1.63. The molecule has 0 saturated heterocycles. The number of H-pyrrole nitrogens is 1. The normalized spacial score (nSPS) is 10.9. The van der Waals surface area contributed by atoms with Crippen molar-refractivity contribution in [1.29, 1.82) is 0 Å². The highest BCUT2D eigenvalue weighted by molar-refractivity contribution is 7.09. The molecule has 7 heteroatoms. The number of pyridine rings is 1. The van der Waals surface area contributed by atoms with Gasteiger partial charge in [0.25, 0.3) is 5.56 Å². The van der Waals surface area contributed by atoms with Crippen LogP contribution >= 0.6 is 22.9 Å². The summed E-state index contributed by atoms with van der Waals surface area (Å²) in [6, 6.07) is 18.4. The number of hydrogen-bond donors (Lipinski definition) is 2. The molecule has 4 aromatic rings. The van der Waals surface area contributed by atoms with E-state index in [1.54, 1.807) is 40.5 Å². The summed E-state index contributed by atoms with van der Waals surface area (Å²) in [5.74, 6) is 0.